The molecule has 0 spiro atoms. The average molecular weight is 358 g/mol. The Bertz CT molecular complexity index is 982. The number of fused-ring (bicyclic) bond motifs is 1. The number of para-hydroxylation sites is 1. The Kier molecular flexibility index (Phi) is 4.80. The Morgan fingerprint density at radius 3 is 2.76 bits per heavy atom. The molecule has 3 rings (SSSR count). The molecule has 0 bridgehead atoms. The molecule has 1 aromatic carbocycles. The van der Waals surface area contributed by atoms with Gasteiger partial charge in [0.2, 0.25) is 5.91 Å². The van der Waals surface area contributed by atoms with E-state index in [-0.39, 0.29) is 16.5 Å². The number of aromatic nitrogens is 4. The highest BCUT2D eigenvalue weighted by atomic mass is 32.2. The molecule has 3 aromatic rings. The van der Waals surface area contributed by atoms with Crippen LogP contribution in [0.1, 0.15) is 0 Å². The standard InChI is InChI=1S/C15H14N6O3S/c1-16-14(24)18-11(22)8-25-15-19-12-10(13(23)20-15)7-17-21(12)9-5-3-2-4-6-9/h2-7H,8H2,1H3,(H,19,20,23)(H2,16,18,22,24). The van der Waals surface area contributed by atoms with Gasteiger partial charge < -0.3 is 10.3 Å². The molecular weight excluding hydrogens is 344 g/mol. The summed E-state index contributed by atoms with van der Waals surface area (Å²) < 4.78 is 1.55. The van der Waals surface area contributed by atoms with Crippen LogP contribution < -0.4 is 16.2 Å². The quantitative estimate of drug-likeness (QED) is 0.465. The Morgan fingerprint density at radius 1 is 1.28 bits per heavy atom. The fraction of sp³-hybridized carbons (Fsp3) is 0.133. The third-order valence-electron chi connectivity index (χ3n) is 3.24. The van der Waals surface area contributed by atoms with Crippen molar-refractivity contribution in [3.63, 3.8) is 0 Å². The molecule has 2 heterocycles. The highest BCUT2D eigenvalue weighted by Gasteiger charge is 2.13. The number of aromatic amines is 1. The number of urea groups is 1. The number of nitrogens with zero attached hydrogens (tertiary/aromatic N) is 3. The number of carbonyl (C=O) groups excluding carboxylic acids is 2. The molecule has 0 aliphatic rings. The first-order valence-corrected chi connectivity index (χ1v) is 8.25. The van der Waals surface area contributed by atoms with Crippen molar-refractivity contribution in [3.8, 4) is 5.69 Å². The Hall–Kier alpha value is -3.14. The second-order valence-corrected chi connectivity index (χ2v) is 5.88. The van der Waals surface area contributed by atoms with E-state index in [0.717, 1.165) is 17.4 Å². The zero-order chi connectivity index (χ0) is 17.8. The first-order chi connectivity index (χ1) is 12.1. The zero-order valence-electron chi connectivity index (χ0n) is 13.1. The van der Waals surface area contributed by atoms with Crippen molar-refractivity contribution < 1.29 is 9.59 Å². The van der Waals surface area contributed by atoms with Crippen LogP contribution in [-0.2, 0) is 4.79 Å². The smallest absolute Gasteiger partial charge is 0.321 e. The molecule has 3 amide bonds. The third kappa shape index (κ3) is 3.69. The summed E-state index contributed by atoms with van der Waals surface area (Å²) in [7, 11) is 1.41. The van der Waals surface area contributed by atoms with Crippen molar-refractivity contribution in [3.05, 3.63) is 46.9 Å². The fourth-order valence-electron chi connectivity index (χ4n) is 2.08. The minimum absolute atomic E-state index is 0.0681. The molecule has 128 valence electrons. The number of hydrogen-bond donors (Lipinski definition) is 3. The van der Waals surface area contributed by atoms with Crippen molar-refractivity contribution >= 4 is 34.7 Å². The molecule has 0 fully saturated rings. The molecule has 25 heavy (non-hydrogen) atoms. The molecule has 0 atom stereocenters. The molecule has 0 saturated carbocycles. The van der Waals surface area contributed by atoms with Crippen molar-refractivity contribution in [1.29, 1.82) is 0 Å². The van der Waals surface area contributed by atoms with Crippen LogP contribution in [0.5, 0.6) is 0 Å². The van der Waals surface area contributed by atoms with Crippen molar-refractivity contribution in [2.75, 3.05) is 12.8 Å². The summed E-state index contributed by atoms with van der Waals surface area (Å²) in [6.45, 7) is 0. The maximum atomic E-state index is 12.2. The summed E-state index contributed by atoms with van der Waals surface area (Å²) in [4.78, 5) is 41.9. The summed E-state index contributed by atoms with van der Waals surface area (Å²) in [6.07, 6.45) is 1.45. The van der Waals surface area contributed by atoms with Crippen LogP contribution in [0.4, 0.5) is 4.79 Å². The molecule has 0 saturated heterocycles. The molecule has 10 heteroatoms. The highest BCUT2D eigenvalue weighted by Crippen LogP contribution is 2.17. The van der Waals surface area contributed by atoms with Gasteiger partial charge in [-0.2, -0.15) is 5.10 Å². The van der Waals surface area contributed by atoms with Crippen molar-refractivity contribution in [1.82, 2.24) is 30.4 Å². The van der Waals surface area contributed by atoms with Crippen LogP contribution in [-0.4, -0.2) is 44.5 Å². The van der Waals surface area contributed by atoms with Crippen LogP contribution >= 0.6 is 11.8 Å². The third-order valence-corrected chi connectivity index (χ3v) is 4.11. The van der Waals surface area contributed by atoms with Gasteiger partial charge in [0.1, 0.15) is 5.39 Å². The topological polar surface area (TPSA) is 122 Å². The maximum Gasteiger partial charge on any atom is 0.321 e. The van der Waals surface area contributed by atoms with Crippen LogP contribution in [0.3, 0.4) is 0 Å². The minimum atomic E-state index is -0.593. The van der Waals surface area contributed by atoms with Gasteiger partial charge >= 0.3 is 6.03 Å². The van der Waals surface area contributed by atoms with Gasteiger partial charge in [-0.3, -0.25) is 14.9 Å². The van der Waals surface area contributed by atoms with E-state index in [0.29, 0.717) is 11.0 Å². The molecule has 0 aliphatic carbocycles. The minimum Gasteiger partial charge on any atom is -0.341 e. The first-order valence-electron chi connectivity index (χ1n) is 7.26. The summed E-state index contributed by atoms with van der Waals surface area (Å²) in [5.74, 6) is -0.565. The lowest BCUT2D eigenvalue weighted by Crippen LogP contribution is -2.38. The maximum absolute atomic E-state index is 12.2. The predicted molar refractivity (Wildman–Crippen MR) is 92.8 cm³/mol. The second kappa shape index (κ2) is 7.18. The van der Waals surface area contributed by atoms with Crippen molar-refractivity contribution in [2.45, 2.75) is 5.16 Å². The number of amides is 3. The summed E-state index contributed by atoms with van der Waals surface area (Å²) in [6, 6.07) is 8.69. The summed E-state index contributed by atoms with van der Waals surface area (Å²) in [5, 5.41) is 9.24. The highest BCUT2D eigenvalue weighted by molar-refractivity contribution is 7.99. The molecule has 0 radical (unpaired) electrons. The lowest BCUT2D eigenvalue weighted by atomic mass is 10.3. The SMILES string of the molecule is CNC(=O)NC(=O)CSc1nc2c(cnn2-c2ccccc2)c(=O)[nH]1. The van der Waals surface area contributed by atoms with E-state index in [2.05, 4.69) is 25.7 Å². The Labute approximate surface area is 145 Å². The lowest BCUT2D eigenvalue weighted by Gasteiger charge is -2.05. The molecule has 0 aliphatic heterocycles. The number of imide groups is 1. The van der Waals surface area contributed by atoms with E-state index in [9.17, 15) is 14.4 Å². The normalized spacial score (nSPS) is 10.6. The summed E-state index contributed by atoms with van der Waals surface area (Å²) >= 11 is 1.02. The zero-order valence-corrected chi connectivity index (χ0v) is 14.0. The second-order valence-electron chi connectivity index (χ2n) is 4.92. The monoisotopic (exact) mass is 358 g/mol. The molecule has 2 aromatic heterocycles. The van der Waals surface area contributed by atoms with E-state index < -0.39 is 11.9 Å². The van der Waals surface area contributed by atoms with Gasteiger partial charge in [0.25, 0.3) is 5.56 Å². The molecule has 0 unspecified atom stereocenters. The molecule has 3 N–H and O–H groups in total. The van der Waals surface area contributed by atoms with E-state index in [1.807, 2.05) is 30.3 Å². The fourth-order valence-corrected chi connectivity index (χ4v) is 2.74. The van der Waals surface area contributed by atoms with Gasteiger partial charge in [-0.1, -0.05) is 30.0 Å². The van der Waals surface area contributed by atoms with Gasteiger partial charge in [0.15, 0.2) is 10.8 Å². The Balaban J connectivity index is 1.87. The van der Waals surface area contributed by atoms with Crippen LogP contribution in [0.25, 0.3) is 16.7 Å². The number of rotatable bonds is 4. The largest absolute Gasteiger partial charge is 0.341 e. The van der Waals surface area contributed by atoms with Gasteiger partial charge in [0.05, 0.1) is 17.6 Å². The van der Waals surface area contributed by atoms with E-state index in [1.165, 1.54) is 13.2 Å². The van der Waals surface area contributed by atoms with E-state index in [1.54, 1.807) is 4.68 Å². The number of hydrogen-bond acceptors (Lipinski definition) is 6. The average Bonchev–Trinajstić information content (AvgIpc) is 3.05. The summed E-state index contributed by atoms with van der Waals surface area (Å²) in [5.41, 5.74) is 0.814. The van der Waals surface area contributed by atoms with Gasteiger partial charge in [-0.05, 0) is 12.1 Å². The van der Waals surface area contributed by atoms with Crippen molar-refractivity contribution in [2.24, 2.45) is 0 Å². The number of nitrogens with one attached hydrogen (secondary N) is 3. The number of benzene rings is 1. The van der Waals surface area contributed by atoms with E-state index in [4.69, 9.17) is 0 Å². The van der Waals surface area contributed by atoms with Crippen LogP contribution in [0.15, 0.2) is 46.5 Å². The molecule has 9 nitrogen and oxygen atoms in total. The number of carbonyl (C=O) groups is 2. The Morgan fingerprint density at radius 2 is 2.04 bits per heavy atom. The van der Waals surface area contributed by atoms with Gasteiger partial charge in [-0.25, -0.2) is 14.5 Å². The molecular formula is C15H14N6O3S. The van der Waals surface area contributed by atoms with Gasteiger partial charge in [0, 0.05) is 7.05 Å². The van der Waals surface area contributed by atoms with Crippen LogP contribution in [0, 0.1) is 0 Å². The number of thioether (sulfide) groups is 1. The number of H-pyrrole nitrogens is 1. The van der Waals surface area contributed by atoms with E-state index >= 15 is 0 Å². The first kappa shape index (κ1) is 16.7. The van der Waals surface area contributed by atoms with Crippen LogP contribution in [0.2, 0.25) is 0 Å². The predicted octanol–water partition coefficient (Wildman–Crippen LogP) is 0.656. The van der Waals surface area contributed by atoms with Gasteiger partial charge in [-0.15, -0.1) is 0 Å². The lowest BCUT2D eigenvalue weighted by molar-refractivity contribution is -0.117.